The Balaban J connectivity index is 0.000000219. The molecule has 0 radical (unpaired) electrons. The molecule has 75 heavy (non-hydrogen) atoms. The van der Waals surface area contributed by atoms with Crippen LogP contribution in [0.25, 0.3) is 0 Å². The van der Waals surface area contributed by atoms with E-state index in [1.165, 1.54) is 91.2 Å². The number of ether oxygens (including phenoxy) is 4. The second-order valence-corrected chi connectivity index (χ2v) is 16.8. The zero-order valence-electron chi connectivity index (χ0n) is 39.6. The van der Waals surface area contributed by atoms with Crippen molar-refractivity contribution in [3.63, 3.8) is 0 Å². The van der Waals surface area contributed by atoms with E-state index in [1.54, 1.807) is 37.6 Å². The van der Waals surface area contributed by atoms with Crippen LogP contribution in [-0.2, 0) is 35.5 Å². The minimum Gasteiger partial charge on any atom is -0.495 e. The summed E-state index contributed by atoms with van der Waals surface area (Å²) in [5.41, 5.74) is 10.1. The van der Waals surface area contributed by atoms with Crippen molar-refractivity contribution in [1.82, 2.24) is 24.8 Å². The Hall–Kier alpha value is -7.49. The Bertz CT molecular complexity index is 3130. The third kappa shape index (κ3) is 15.1. The van der Waals surface area contributed by atoms with Gasteiger partial charge in [0.2, 0.25) is 0 Å². The maximum Gasteiger partial charge on any atom is 0.419 e. The lowest BCUT2D eigenvalue weighted by Crippen LogP contribution is -2.28. The maximum atomic E-state index is 14.7. The summed E-state index contributed by atoms with van der Waals surface area (Å²) in [4.78, 5) is 60.9. The lowest BCUT2D eigenvalue weighted by atomic mass is 10.0. The summed E-state index contributed by atoms with van der Waals surface area (Å²) in [6, 6.07) is 18.8. The van der Waals surface area contributed by atoms with Crippen LogP contribution in [0.4, 0.5) is 38.5 Å². The van der Waals surface area contributed by atoms with Gasteiger partial charge in [0.25, 0.3) is 11.8 Å². The number of halogens is 8. The van der Waals surface area contributed by atoms with Gasteiger partial charge < -0.3 is 40.6 Å². The predicted molar refractivity (Wildman–Crippen MR) is 275 cm³/mol. The normalized spacial score (nSPS) is 13.6. The van der Waals surface area contributed by atoms with E-state index in [0.29, 0.717) is 82.2 Å². The zero-order chi connectivity index (χ0) is 52.2. The van der Waals surface area contributed by atoms with Crippen molar-refractivity contribution < 1.29 is 55.7 Å². The molecular weight excluding hydrogens is 1070 g/mol. The molecule has 0 spiro atoms. The smallest absolute Gasteiger partial charge is 0.419 e. The molecule has 0 bridgehead atoms. The van der Waals surface area contributed by atoms with Crippen molar-refractivity contribution in [2.45, 2.75) is 51.0 Å². The van der Waals surface area contributed by atoms with Gasteiger partial charge in [0.05, 0.1) is 54.1 Å². The number of rotatable bonds is 11. The van der Waals surface area contributed by atoms with E-state index in [0.717, 1.165) is 6.07 Å². The van der Waals surface area contributed by atoms with E-state index in [2.05, 4.69) is 30.9 Å². The second-order valence-electron chi connectivity index (χ2n) is 16.0. The summed E-state index contributed by atoms with van der Waals surface area (Å²) in [5.74, 6) is -1.74. The number of fused-ring (bicyclic) bond motifs is 2. The first-order chi connectivity index (χ1) is 35.1. The average molecular weight is 1120 g/mol. The van der Waals surface area contributed by atoms with Crippen molar-refractivity contribution in [2.75, 3.05) is 24.9 Å². The predicted octanol–water partition coefficient (Wildman–Crippen LogP) is 11.3. The topological polar surface area (TPSA) is 211 Å². The largest absolute Gasteiger partial charge is 0.495 e. The summed E-state index contributed by atoms with van der Waals surface area (Å²) in [7, 11) is 3.09. The van der Waals surface area contributed by atoms with Gasteiger partial charge in [-0.25, -0.2) is 36.7 Å². The molecule has 9 rings (SSSR count). The van der Waals surface area contributed by atoms with Crippen LogP contribution in [0.2, 0.25) is 10.0 Å². The summed E-state index contributed by atoms with van der Waals surface area (Å²) in [6.07, 6.45) is 8.21. The van der Waals surface area contributed by atoms with Gasteiger partial charge in [-0.2, -0.15) is 0 Å². The molecule has 24 heteroatoms. The number of carbonyl (C=O) groups is 4. The molecule has 2 atom stereocenters. The lowest BCUT2D eigenvalue weighted by Gasteiger charge is -2.16. The van der Waals surface area contributed by atoms with Crippen molar-refractivity contribution >= 4 is 83.4 Å². The molecule has 7 aromatic rings. The van der Waals surface area contributed by atoms with Crippen LogP contribution in [-0.4, -0.2) is 57.7 Å². The SMILES string of the molecule is COc1ccc(COC(=O)N[C@H]2CCc3c(C(=O)Nc4ccc(F)c(Cl)c4)ccc(F)c32)nc1.COc1ccc(COC(=O)n2ccnc2)nc1.Cl.Cl.N[C@H]1CCc2c(C(=O)Nc3ccc(F)c(Cl)c3)ccc(F)c21. The molecule has 0 saturated heterocycles. The summed E-state index contributed by atoms with van der Waals surface area (Å²) < 4.78 is 76.5. The highest BCUT2D eigenvalue weighted by Crippen LogP contribution is 2.37. The maximum absolute atomic E-state index is 14.7. The molecule has 394 valence electrons. The fourth-order valence-corrected chi connectivity index (χ4v) is 8.08. The number of nitrogens with zero attached hydrogens (tertiary/aromatic N) is 4. The average Bonchev–Trinajstić information content (AvgIpc) is 4.18. The highest BCUT2D eigenvalue weighted by molar-refractivity contribution is 6.31. The van der Waals surface area contributed by atoms with E-state index in [-0.39, 0.29) is 71.1 Å². The first-order valence-electron chi connectivity index (χ1n) is 22.1. The van der Waals surface area contributed by atoms with E-state index in [4.69, 9.17) is 47.9 Å². The molecule has 0 aliphatic heterocycles. The number of imidazole rings is 1. The number of alkyl carbamates (subject to hydrolysis) is 1. The number of methoxy groups -OCH3 is 2. The summed E-state index contributed by atoms with van der Waals surface area (Å²) in [6.45, 7) is 0.0432. The lowest BCUT2D eigenvalue weighted by molar-refractivity contribution is 0.101. The standard InChI is InChI=1S/C24H20ClF2N3O4.C16H13ClF2N2O.C11H11N3O3.2ClH/c1-33-15-4-2-14(28-11-15)12-34-24(32)30-21-9-6-16-17(5-8-20(27)22(16)21)23(31)29-13-3-7-19(26)18(25)10-13;17-11-7-8(1-4-12(11)18)21-16(22)10-2-5-13(19)15-9(10)3-6-14(15)20;1-16-10-3-2-9(13-6-10)7-17-11(15)14-5-4-12-8-14;;/h2-5,7-8,10-11,21H,6,9,12H2,1H3,(H,29,31)(H,30,32);1-2,4-5,7,14H,3,6,20H2,(H,21,22);2-6,8H,7H2,1H3;2*1H/t21-;14-;;;/m00.../s1. The Morgan fingerprint density at radius 2 is 1.16 bits per heavy atom. The van der Waals surface area contributed by atoms with E-state index < -0.39 is 47.5 Å². The van der Waals surface area contributed by atoms with Crippen molar-refractivity contribution in [2.24, 2.45) is 5.73 Å². The third-order valence-electron chi connectivity index (χ3n) is 11.3. The zero-order valence-corrected chi connectivity index (χ0v) is 42.7. The Labute approximate surface area is 449 Å². The number of hydrogen-bond acceptors (Lipinski definition) is 12. The van der Waals surface area contributed by atoms with E-state index in [9.17, 15) is 36.7 Å². The fourth-order valence-electron chi connectivity index (χ4n) is 7.72. The van der Waals surface area contributed by atoms with Gasteiger partial charge in [0, 0.05) is 52.1 Å². The van der Waals surface area contributed by atoms with Crippen LogP contribution < -0.4 is 31.2 Å². The van der Waals surface area contributed by atoms with Gasteiger partial charge in [-0.3, -0.25) is 19.6 Å². The molecule has 3 aromatic heterocycles. The Morgan fingerprint density at radius 3 is 1.64 bits per heavy atom. The molecule has 2 aliphatic rings. The molecule has 5 N–H and O–H groups in total. The second kappa shape index (κ2) is 27.2. The number of anilines is 2. The van der Waals surface area contributed by atoms with Gasteiger partial charge in [-0.05, 0) is 122 Å². The highest BCUT2D eigenvalue weighted by atomic mass is 35.5. The summed E-state index contributed by atoms with van der Waals surface area (Å²) in [5, 5.41) is 7.72. The van der Waals surface area contributed by atoms with Crippen LogP contribution in [0.5, 0.6) is 11.5 Å². The van der Waals surface area contributed by atoms with Crippen molar-refractivity contribution in [3.8, 4) is 11.5 Å². The minimum atomic E-state index is -0.731. The van der Waals surface area contributed by atoms with Gasteiger partial charge in [-0.15, -0.1) is 24.8 Å². The molecule has 3 heterocycles. The Kier molecular flexibility index (Phi) is 21.2. The highest BCUT2D eigenvalue weighted by Gasteiger charge is 2.32. The number of carbonyl (C=O) groups excluding carboxylic acids is 4. The van der Waals surface area contributed by atoms with Crippen LogP contribution in [0, 0.1) is 23.3 Å². The van der Waals surface area contributed by atoms with Crippen LogP contribution in [0.1, 0.15) is 79.3 Å². The number of pyridine rings is 2. The number of nitrogens with two attached hydrogens (primary N) is 1. The molecule has 0 saturated carbocycles. The monoisotopic (exact) mass is 1110 g/mol. The van der Waals surface area contributed by atoms with Gasteiger partial charge in [0.1, 0.15) is 54.3 Å². The van der Waals surface area contributed by atoms with Crippen LogP contribution in [0.3, 0.4) is 0 Å². The molecular formula is C51H46Cl4F4N8O8. The fraction of sp³-hybridized carbons (Fsp3) is 0.196. The number of amides is 3. The molecule has 16 nitrogen and oxygen atoms in total. The number of nitrogens with one attached hydrogen (secondary N) is 3. The third-order valence-corrected chi connectivity index (χ3v) is 11.9. The molecule has 3 amide bonds. The van der Waals surface area contributed by atoms with Crippen LogP contribution in [0.15, 0.2) is 116 Å². The van der Waals surface area contributed by atoms with Crippen LogP contribution >= 0.6 is 48.0 Å². The molecule has 0 fully saturated rings. The van der Waals surface area contributed by atoms with Crippen molar-refractivity contribution in [3.05, 3.63) is 194 Å². The quantitative estimate of drug-likeness (QED) is 0.0892. The number of benzene rings is 4. The first kappa shape index (κ1) is 58.4. The van der Waals surface area contributed by atoms with Gasteiger partial charge in [-0.1, -0.05) is 23.2 Å². The molecule has 4 aromatic carbocycles. The molecule has 2 aliphatic carbocycles. The number of aromatic nitrogens is 4. The number of hydrogen-bond donors (Lipinski definition) is 4. The first-order valence-corrected chi connectivity index (χ1v) is 22.8. The van der Waals surface area contributed by atoms with Gasteiger partial charge >= 0.3 is 12.2 Å². The van der Waals surface area contributed by atoms with Gasteiger partial charge in [0.15, 0.2) is 0 Å². The van der Waals surface area contributed by atoms with Crippen molar-refractivity contribution in [1.29, 1.82) is 0 Å². The van der Waals surface area contributed by atoms with E-state index in [1.807, 2.05) is 0 Å². The summed E-state index contributed by atoms with van der Waals surface area (Å²) >= 11 is 11.5. The Morgan fingerprint density at radius 1 is 0.667 bits per heavy atom. The minimum absolute atomic E-state index is 0. The van der Waals surface area contributed by atoms with E-state index >= 15 is 0 Å². The molecule has 0 unspecified atom stereocenters.